The van der Waals surface area contributed by atoms with E-state index < -0.39 is 0 Å². The van der Waals surface area contributed by atoms with Crippen LogP contribution in [-0.4, -0.2) is 94.9 Å². The van der Waals surface area contributed by atoms with Gasteiger partial charge >= 0.3 is 0 Å². The smallest absolute Gasteiger partial charge is 0.234 e. The van der Waals surface area contributed by atoms with E-state index in [2.05, 4.69) is 49.7 Å². The molecule has 0 radical (unpaired) electrons. The molecule has 1 aromatic carbocycles. The largest absolute Gasteiger partial charge is 0.383 e. The quantitative estimate of drug-likeness (QED) is 0.322. The van der Waals surface area contributed by atoms with Crippen molar-refractivity contribution in [1.29, 1.82) is 0 Å². The SMILES string of the molecule is CN=C(NCCCOC1CCCc2ccccc21)N1CCN(CC(=O)NCCOC)CC1. The molecule has 1 aliphatic heterocycles. The summed E-state index contributed by atoms with van der Waals surface area (Å²) < 4.78 is 11.2. The number of ether oxygens (including phenoxy) is 2. The van der Waals surface area contributed by atoms with Gasteiger partial charge in [0.15, 0.2) is 5.96 Å². The highest BCUT2D eigenvalue weighted by molar-refractivity contribution is 5.80. The number of benzene rings is 1. The van der Waals surface area contributed by atoms with Crippen molar-refractivity contribution in [2.45, 2.75) is 31.8 Å². The maximum absolute atomic E-state index is 12.0. The Morgan fingerprint density at radius 3 is 2.72 bits per heavy atom. The molecule has 1 amide bonds. The van der Waals surface area contributed by atoms with Crippen molar-refractivity contribution in [1.82, 2.24) is 20.4 Å². The molecule has 0 aromatic heterocycles. The fourth-order valence-corrected chi connectivity index (χ4v) is 4.38. The second-order valence-corrected chi connectivity index (χ2v) is 8.38. The van der Waals surface area contributed by atoms with Gasteiger partial charge in [-0.05, 0) is 36.8 Å². The van der Waals surface area contributed by atoms with Crippen LogP contribution in [0.25, 0.3) is 0 Å². The van der Waals surface area contributed by atoms with Gasteiger partial charge in [-0.3, -0.25) is 14.7 Å². The molecular weight excluding hydrogens is 406 g/mol. The molecular formula is C24H39N5O3. The number of piperazine rings is 1. The van der Waals surface area contributed by atoms with Gasteiger partial charge in [-0.1, -0.05) is 24.3 Å². The molecule has 0 bridgehead atoms. The monoisotopic (exact) mass is 445 g/mol. The molecule has 178 valence electrons. The highest BCUT2D eigenvalue weighted by atomic mass is 16.5. The summed E-state index contributed by atoms with van der Waals surface area (Å²) in [7, 11) is 3.46. The molecule has 2 N–H and O–H groups in total. The number of methoxy groups -OCH3 is 1. The van der Waals surface area contributed by atoms with E-state index in [1.54, 1.807) is 7.11 Å². The number of carbonyl (C=O) groups is 1. The molecule has 0 saturated carbocycles. The molecule has 8 nitrogen and oxygen atoms in total. The summed E-state index contributed by atoms with van der Waals surface area (Å²) in [4.78, 5) is 20.9. The van der Waals surface area contributed by atoms with E-state index in [1.807, 2.05) is 7.05 Å². The van der Waals surface area contributed by atoms with Gasteiger partial charge in [0.1, 0.15) is 0 Å². The van der Waals surface area contributed by atoms with Crippen molar-refractivity contribution in [3.63, 3.8) is 0 Å². The van der Waals surface area contributed by atoms with Crippen LogP contribution in [0.3, 0.4) is 0 Å². The van der Waals surface area contributed by atoms with Crippen molar-refractivity contribution in [2.24, 2.45) is 4.99 Å². The summed E-state index contributed by atoms with van der Waals surface area (Å²) >= 11 is 0. The average Bonchev–Trinajstić information content (AvgIpc) is 2.82. The Kier molecular flexibility index (Phi) is 10.3. The molecule has 32 heavy (non-hydrogen) atoms. The predicted octanol–water partition coefficient (Wildman–Crippen LogP) is 1.43. The van der Waals surface area contributed by atoms with Gasteiger partial charge in [0.25, 0.3) is 0 Å². The second-order valence-electron chi connectivity index (χ2n) is 8.38. The minimum absolute atomic E-state index is 0.0543. The molecule has 1 aromatic rings. The Morgan fingerprint density at radius 2 is 1.94 bits per heavy atom. The molecule has 3 rings (SSSR count). The van der Waals surface area contributed by atoms with Crippen LogP contribution in [0.1, 0.15) is 36.5 Å². The number of nitrogens with one attached hydrogen (secondary N) is 2. The molecule has 8 heteroatoms. The highest BCUT2D eigenvalue weighted by Gasteiger charge is 2.22. The lowest BCUT2D eigenvalue weighted by molar-refractivity contribution is -0.122. The summed E-state index contributed by atoms with van der Waals surface area (Å²) in [5.41, 5.74) is 2.81. The highest BCUT2D eigenvalue weighted by Crippen LogP contribution is 2.32. The summed E-state index contributed by atoms with van der Waals surface area (Å²) in [6.07, 6.45) is 4.66. The number of aryl methyl sites for hydroxylation is 1. The lowest BCUT2D eigenvalue weighted by atomic mass is 9.89. The van der Waals surface area contributed by atoms with Gasteiger partial charge in [0, 0.05) is 60.0 Å². The van der Waals surface area contributed by atoms with Crippen LogP contribution in [0.15, 0.2) is 29.3 Å². The summed E-state index contributed by atoms with van der Waals surface area (Å²) in [6, 6.07) is 8.67. The number of nitrogens with zero attached hydrogens (tertiary/aromatic N) is 3. The first-order valence-electron chi connectivity index (χ1n) is 11.8. The number of carbonyl (C=O) groups excluding carboxylic acids is 1. The molecule has 1 aliphatic carbocycles. The molecule has 0 spiro atoms. The van der Waals surface area contributed by atoms with E-state index in [4.69, 9.17) is 9.47 Å². The first kappa shape index (κ1) is 24.5. The number of guanidine groups is 1. The number of hydrogen-bond acceptors (Lipinski definition) is 5. The maximum atomic E-state index is 12.0. The van der Waals surface area contributed by atoms with Crippen molar-refractivity contribution in [3.05, 3.63) is 35.4 Å². The third kappa shape index (κ3) is 7.46. The van der Waals surface area contributed by atoms with Crippen molar-refractivity contribution >= 4 is 11.9 Å². The predicted molar refractivity (Wildman–Crippen MR) is 127 cm³/mol. The van der Waals surface area contributed by atoms with Gasteiger partial charge in [0.05, 0.1) is 19.3 Å². The fraction of sp³-hybridized carbons (Fsp3) is 0.667. The molecule has 1 atom stereocenters. The van der Waals surface area contributed by atoms with E-state index in [-0.39, 0.29) is 12.0 Å². The van der Waals surface area contributed by atoms with Gasteiger partial charge in [-0.15, -0.1) is 0 Å². The standard InChI is InChI=1S/C24H39N5O3/c1-25-24(29-15-13-28(14-16-29)19-23(30)26-12-18-31-2)27-11-6-17-32-22-10-5-8-20-7-3-4-9-21(20)22/h3-4,7,9,22H,5-6,8,10-19H2,1-2H3,(H,25,27)(H,26,30). The number of rotatable bonds is 10. The lowest BCUT2D eigenvalue weighted by Crippen LogP contribution is -2.54. The van der Waals surface area contributed by atoms with Crippen LogP contribution in [-0.2, 0) is 20.7 Å². The minimum Gasteiger partial charge on any atom is -0.383 e. The minimum atomic E-state index is 0.0543. The van der Waals surface area contributed by atoms with Gasteiger partial charge in [-0.2, -0.15) is 0 Å². The van der Waals surface area contributed by atoms with Crippen molar-refractivity contribution < 1.29 is 14.3 Å². The Hall–Kier alpha value is -2.16. The molecule has 1 heterocycles. The van der Waals surface area contributed by atoms with Crippen molar-refractivity contribution in [2.75, 3.05) is 73.2 Å². The number of aliphatic imine (C=N–C) groups is 1. The average molecular weight is 446 g/mol. The summed E-state index contributed by atoms with van der Waals surface area (Å²) in [5, 5.41) is 6.35. The molecule has 1 fully saturated rings. The van der Waals surface area contributed by atoms with E-state index in [1.165, 1.54) is 24.0 Å². The topological polar surface area (TPSA) is 78.4 Å². The van der Waals surface area contributed by atoms with E-state index in [9.17, 15) is 4.79 Å². The Labute approximate surface area is 192 Å². The van der Waals surface area contributed by atoms with Crippen LogP contribution in [0.2, 0.25) is 0 Å². The zero-order chi connectivity index (χ0) is 22.6. The third-order valence-corrected chi connectivity index (χ3v) is 6.12. The van der Waals surface area contributed by atoms with Crippen LogP contribution in [0.5, 0.6) is 0 Å². The zero-order valence-corrected chi connectivity index (χ0v) is 19.6. The number of hydrogen-bond donors (Lipinski definition) is 2. The Bertz CT molecular complexity index is 734. The zero-order valence-electron chi connectivity index (χ0n) is 19.6. The van der Waals surface area contributed by atoms with Gasteiger partial charge < -0.3 is 25.0 Å². The van der Waals surface area contributed by atoms with Gasteiger partial charge in [0.2, 0.25) is 5.91 Å². The fourth-order valence-electron chi connectivity index (χ4n) is 4.38. The van der Waals surface area contributed by atoms with Crippen LogP contribution in [0, 0.1) is 0 Å². The van der Waals surface area contributed by atoms with Gasteiger partial charge in [-0.25, -0.2) is 0 Å². The summed E-state index contributed by atoms with van der Waals surface area (Å²) in [5.74, 6) is 0.982. The van der Waals surface area contributed by atoms with Crippen LogP contribution < -0.4 is 10.6 Å². The first-order chi connectivity index (χ1) is 15.7. The molecule has 1 saturated heterocycles. The third-order valence-electron chi connectivity index (χ3n) is 6.12. The Balaban J connectivity index is 1.31. The van der Waals surface area contributed by atoms with E-state index in [0.29, 0.717) is 19.7 Å². The van der Waals surface area contributed by atoms with Crippen LogP contribution in [0.4, 0.5) is 0 Å². The number of amides is 1. The van der Waals surface area contributed by atoms with E-state index >= 15 is 0 Å². The lowest BCUT2D eigenvalue weighted by Gasteiger charge is -2.36. The summed E-state index contributed by atoms with van der Waals surface area (Å²) in [6.45, 7) is 6.54. The second kappa shape index (κ2) is 13.4. The normalized spacial score (nSPS) is 19.5. The van der Waals surface area contributed by atoms with Crippen molar-refractivity contribution in [3.8, 4) is 0 Å². The maximum Gasteiger partial charge on any atom is 0.234 e. The molecule has 1 unspecified atom stereocenters. The first-order valence-corrected chi connectivity index (χ1v) is 11.8. The molecule has 2 aliphatic rings. The van der Waals surface area contributed by atoms with E-state index in [0.717, 1.165) is 58.1 Å². The number of fused-ring (bicyclic) bond motifs is 1. The Morgan fingerprint density at radius 1 is 1.12 bits per heavy atom. The van der Waals surface area contributed by atoms with Crippen LogP contribution >= 0.6 is 0 Å².